The van der Waals surface area contributed by atoms with Crippen molar-refractivity contribution in [1.82, 2.24) is 0 Å². The van der Waals surface area contributed by atoms with Gasteiger partial charge >= 0.3 is 0 Å². The first-order valence-corrected chi connectivity index (χ1v) is 7.56. The lowest BCUT2D eigenvalue weighted by molar-refractivity contribution is 0.472. The van der Waals surface area contributed by atoms with Crippen LogP contribution in [0, 0.1) is 20.8 Å². The highest BCUT2D eigenvalue weighted by Crippen LogP contribution is 2.31. The molecule has 0 saturated heterocycles. The van der Waals surface area contributed by atoms with Crippen LogP contribution in [-0.4, -0.2) is 18.6 Å². The molecule has 2 N–H and O–H groups in total. The number of rotatable bonds is 2. The molecule has 5 heteroatoms. The number of hydrogen-bond acceptors (Lipinski definition) is 4. The van der Waals surface area contributed by atoms with Crippen LogP contribution in [-0.2, 0) is 9.84 Å². The molecule has 2 aromatic carbocycles. The van der Waals surface area contributed by atoms with Gasteiger partial charge in [-0.25, -0.2) is 8.42 Å². The Morgan fingerprint density at radius 2 is 1.30 bits per heavy atom. The van der Waals surface area contributed by atoms with Crippen molar-refractivity contribution in [1.29, 1.82) is 0 Å². The van der Waals surface area contributed by atoms with Gasteiger partial charge in [0.2, 0.25) is 9.84 Å². The first-order valence-electron chi connectivity index (χ1n) is 6.08. The van der Waals surface area contributed by atoms with Crippen LogP contribution in [0.2, 0.25) is 0 Å². The summed E-state index contributed by atoms with van der Waals surface area (Å²) >= 11 is 0. The van der Waals surface area contributed by atoms with Crippen molar-refractivity contribution in [2.24, 2.45) is 0 Å². The molecule has 4 nitrogen and oxygen atoms in total. The summed E-state index contributed by atoms with van der Waals surface area (Å²) in [6.07, 6.45) is 0. The third kappa shape index (κ3) is 2.49. The predicted octanol–water partition coefficient (Wildman–Crippen LogP) is 2.86. The molecule has 0 amide bonds. The van der Waals surface area contributed by atoms with E-state index in [1.54, 1.807) is 20.8 Å². The van der Waals surface area contributed by atoms with E-state index in [1.165, 1.54) is 30.3 Å². The highest BCUT2D eigenvalue weighted by molar-refractivity contribution is 7.91. The Morgan fingerprint density at radius 1 is 0.800 bits per heavy atom. The highest BCUT2D eigenvalue weighted by Gasteiger charge is 2.23. The SMILES string of the molecule is Cc1cc(O)cc(S(=O)(=O)c2c(C)cc(O)cc2C)c1. The second-order valence-electron chi connectivity index (χ2n) is 4.92. The average molecular weight is 292 g/mol. The number of phenolic OH excluding ortho intramolecular Hbond substituents is 2. The van der Waals surface area contributed by atoms with Crippen LogP contribution in [0.25, 0.3) is 0 Å². The van der Waals surface area contributed by atoms with Crippen molar-refractivity contribution in [3.63, 3.8) is 0 Å². The largest absolute Gasteiger partial charge is 0.508 e. The molecule has 0 aliphatic heterocycles. The zero-order valence-electron chi connectivity index (χ0n) is 11.5. The molecule has 0 unspecified atom stereocenters. The van der Waals surface area contributed by atoms with E-state index in [2.05, 4.69) is 0 Å². The first-order chi connectivity index (χ1) is 9.21. The molecule has 106 valence electrons. The van der Waals surface area contributed by atoms with Crippen LogP contribution in [0.5, 0.6) is 11.5 Å². The molecule has 2 aromatic rings. The predicted molar refractivity (Wildman–Crippen MR) is 75.9 cm³/mol. The van der Waals surface area contributed by atoms with Gasteiger partial charge in [0.1, 0.15) is 11.5 Å². The third-order valence-electron chi connectivity index (χ3n) is 3.06. The van der Waals surface area contributed by atoms with Crippen molar-refractivity contribution in [3.8, 4) is 11.5 Å². The molecule has 0 atom stereocenters. The van der Waals surface area contributed by atoms with E-state index in [4.69, 9.17) is 0 Å². The quantitative estimate of drug-likeness (QED) is 0.892. The maximum atomic E-state index is 12.7. The topological polar surface area (TPSA) is 74.6 Å². The van der Waals surface area contributed by atoms with E-state index in [0.29, 0.717) is 16.7 Å². The normalized spacial score (nSPS) is 11.6. The van der Waals surface area contributed by atoms with Gasteiger partial charge in [0.05, 0.1) is 9.79 Å². The molecule has 0 fully saturated rings. The maximum absolute atomic E-state index is 12.7. The summed E-state index contributed by atoms with van der Waals surface area (Å²) in [5.74, 6) is -0.0521. The van der Waals surface area contributed by atoms with Crippen molar-refractivity contribution in [2.45, 2.75) is 30.6 Å². The van der Waals surface area contributed by atoms with E-state index < -0.39 is 9.84 Å². The molecule has 0 aliphatic rings. The third-order valence-corrected chi connectivity index (χ3v) is 5.10. The minimum absolute atomic E-state index is 0.0334. The van der Waals surface area contributed by atoms with Gasteiger partial charge < -0.3 is 10.2 Å². The summed E-state index contributed by atoms with van der Waals surface area (Å²) in [6, 6.07) is 7.06. The Bertz CT molecular complexity index is 733. The molecule has 0 radical (unpaired) electrons. The molecule has 0 saturated carbocycles. The van der Waals surface area contributed by atoms with E-state index in [0.717, 1.165) is 0 Å². The van der Waals surface area contributed by atoms with Crippen LogP contribution in [0.1, 0.15) is 16.7 Å². The lowest BCUT2D eigenvalue weighted by atomic mass is 10.1. The molecule has 2 rings (SSSR count). The van der Waals surface area contributed by atoms with Crippen molar-refractivity contribution in [3.05, 3.63) is 47.0 Å². The number of aryl methyl sites for hydroxylation is 3. The van der Waals surface area contributed by atoms with Gasteiger partial charge in [-0.3, -0.25) is 0 Å². The van der Waals surface area contributed by atoms with E-state index >= 15 is 0 Å². The summed E-state index contributed by atoms with van der Waals surface area (Å²) in [7, 11) is -3.73. The zero-order chi connectivity index (χ0) is 15.1. The zero-order valence-corrected chi connectivity index (χ0v) is 12.3. The monoisotopic (exact) mass is 292 g/mol. The van der Waals surface area contributed by atoms with E-state index in [9.17, 15) is 18.6 Å². The summed E-state index contributed by atoms with van der Waals surface area (Å²) in [6.45, 7) is 4.99. The number of phenols is 2. The Balaban J connectivity index is 2.73. The van der Waals surface area contributed by atoms with Gasteiger partial charge in [0, 0.05) is 0 Å². The fourth-order valence-corrected chi connectivity index (χ4v) is 4.17. The Labute approximate surface area is 118 Å². The Kier molecular flexibility index (Phi) is 3.48. The highest BCUT2D eigenvalue weighted by atomic mass is 32.2. The van der Waals surface area contributed by atoms with Crippen LogP contribution < -0.4 is 0 Å². The van der Waals surface area contributed by atoms with Crippen molar-refractivity contribution < 1.29 is 18.6 Å². The molecule has 0 aliphatic carbocycles. The number of hydrogen-bond donors (Lipinski definition) is 2. The number of sulfone groups is 1. The summed E-state index contributed by atoms with van der Waals surface area (Å²) in [4.78, 5) is 0.215. The smallest absolute Gasteiger partial charge is 0.207 e. The van der Waals surface area contributed by atoms with Gasteiger partial charge in [-0.15, -0.1) is 0 Å². The minimum atomic E-state index is -3.73. The fraction of sp³-hybridized carbons (Fsp3) is 0.200. The second-order valence-corrected chi connectivity index (χ2v) is 6.80. The molecule has 0 bridgehead atoms. The van der Waals surface area contributed by atoms with E-state index in [1.807, 2.05) is 0 Å². The van der Waals surface area contributed by atoms with Crippen LogP contribution in [0.4, 0.5) is 0 Å². The summed E-state index contributed by atoms with van der Waals surface area (Å²) < 4.78 is 25.4. The lowest BCUT2D eigenvalue weighted by Gasteiger charge is -2.12. The van der Waals surface area contributed by atoms with E-state index in [-0.39, 0.29) is 21.3 Å². The van der Waals surface area contributed by atoms with Crippen LogP contribution >= 0.6 is 0 Å². The standard InChI is InChI=1S/C15H16O4S/c1-9-4-12(16)8-14(5-9)20(18,19)15-10(2)6-13(17)7-11(15)3/h4-8,16-17H,1-3H3. The molecular formula is C15H16O4S. The summed E-state index contributed by atoms with van der Waals surface area (Å²) in [5.41, 5.74) is 1.62. The first kappa shape index (κ1) is 14.4. The molecule has 0 heterocycles. The minimum Gasteiger partial charge on any atom is -0.508 e. The van der Waals surface area contributed by atoms with Gasteiger partial charge in [0.15, 0.2) is 0 Å². The van der Waals surface area contributed by atoms with Gasteiger partial charge in [0.25, 0.3) is 0 Å². The molecular weight excluding hydrogens is 276 g/mol. The summed E-state index contributed by atoms with van der Waals surface area (Å²) in [5, 5.41) is 19.1. The molecule has 0 spiro atoms. The Hall–Kier alpha value is -2.01. The molecule has 20 heavy (non-hydrogen) atoms. The molecule has 0 aromatic heterocycles. The Morgan fingerprint density at radius 3 is 1.80 bits per heavy atom. The number of aromatic hydroxyl groups is 2. The second kappa shape index (κ2) is 4.83. The van der Waals surface area contributed by atoms with Crippen molar-refractivity contribution >= 4 is 9.84 Å². The van der Waals surface area contributed by atoms with Gasteiger partial charge in [-0.2, -0.15) is 0 Å². The fourth-order valence-electron chi connectivity index (χ4n) is 2.35. The maximum Gasteiger partial charge on any atom is 0.207 e. The number of benzene rings is 2. The average Bonchev–Trinajstić information content (AvgIpc) is 2.25. The van der Waals surface area contributed by atoms with Crippen LogP contribution in [0.15, 0.2) is 40.1 Å². The lowest BCUT2D eigenvalue weighted by Crippen LogP contribution is -2.06. The van der Waals surface area contributed by atoms with Crippen molar-refractivity contribution in [2.75, 3.05) is 0 Å². The van der Waals surface area contributed by atoms with Gasteiger partial charge in [-0.05, 0) is 67.8 Å². The van der Waals surface area contributed by atoms with Crippen LogP contribution in [0.3, 0.4) is 0 Å². The van der Waals surface area contributed by atoms with Gasteiger partial charge in [-0.1, -0.05) is 0 Å².